The molecule has 172 valence electrons. The maximum Gasteiger partial charge on any atom is 0.289 e. The lowest BCUT2D eigenvalue weighted by molar-refractivity contribution is -0.147. The molecule has 2 unspecified atom stereocenters. The lowest BCUT2D eigenvalue weighted by Crippen LogP contribution is -2.55. The number of nitrogens with one attached hydrogen (secondary N) is 2. The number of carbonyl (C=O) groups excluding carboxylic acids is 4. The smallest absolute Gasteiger partial charge is 0.289 e. The van der Waals surface area contributed by atoms with Gasteiger partial charge in [-0.1, -0.05) is 48.5 Å². The minimum absolute atomic E-state index is 0.0244. The first-order valence-electron chi connectivity index (χ1n) is 11.1. The van der Waals surface area contributed by atoms with E-state index in [0.29, 0.717) is 0 Å². The van der Waals surface area contributed by atoms with E-state index < -0.39 is 35.5 Å². The number of rotatable bonds is 9. The molecule has 0 spiro atoms. The number of nitrogens with zero attached hydrogens (tertiary/aromatic N) is 1. The van der Waals surface area contributed by atoms with E-state index in [1.54, 1.807) is 18.2 Å². The predicted octanol–water partition coefficient (Wildman–Crippen LogP) is 1.89. The van der Waals surface area contributed by atoms with Crippen LogP contribution in [0.2, 0.25) is 0 Å². The second kappa shape index (κ2) is 9.94. The fourth-order valence-corrected chi connectivity index (χ4v) is 3.97. The molecule has 1 aliphatic heterocycles. The Morgan fingerprint density at radius 3 is 2.36 bits per heavy atom. The highest BCUT2D eigenvalue weighted by Crippen LogP contribution is 2.22. The van der Waals surface area contributed by atoms with E-state index >= 15 is 0 Å². The van der Waals surface area contributed by atoms with Crippen molar-refractivity contribution in [3.63, 3.8) is 0 Å². The summed E-state index contributed by atoms with van der Waals surface area (Å²) in [5.74, 6) is -2.77. The zero-order chi connectivity index (χ0) is 23.4. The average Bonchev–Trinajstić information content (AvgIpc) is 3.53. The van der Waals surface area contributed by atoms with Gasteiger partial charge in [-0.05, 0) is 30.9 Å². The monoisotopic (exact) mass is 451 g/mol. The van der Waals surface area contributed by atoms with Gasteiger partial charge >= 0.3 is 0 Å². The molecule has 1 heterocycles. The molecule has 2 aromatic rings. The van der Waals surface area contributed by atoms with Crippen molar-refractivity contribution >= 4 is 23.5 Å². The summed E-state index contributed by atoms with van der Waals surface area (Å²) in [5, 5.41) is 5.32. The van der Waals surface area contributed by atoms with Crippen molar-refractivity contribution in [3.05, 3.63) is 71.5 Å². The lowest BCUT2D eigenvalue weighted by Gasteiger charge is -2.33. The lowest BCUT2D eigenvalue weighted by atomic mass is 9.98. The van der Waals surface area contributed by atoms with Gasteiger partial charge in [-0.25, -0.2) is 4.39 Å². The Morgan fingerprint density at radius 2 is 1.73 bits per heavy atom. The molecule has 4 rings (SSSR count). The molecule has 0 radical (unpaired) electrons. The maximum absolute atomic E-state index is 14.5. The van der Waals surface area contributed by atoms with Gasteiger partial charge in [0.15, 0.2) is 0 Å². The minimum Gasteiger partial charge on any atom is -0.347 e. The summed E-state index contributed by atoms with van der Waals surface area (Å²) >= 11 is 0. The second-order valence-corrected chi connectivity index (χ2v) is 8.53. The molecule has 0 aromatic heterocycles. The van der Waals surface area contributed by atoms with Gasteiger partial charge in [0, 0.05) is 31.0 Å². The fraction of sp³-hybridized carbons (Fsp3) is 0.360. The molecule has 8 heteroatoms. The van der Waals surface area contributed by atoms with Gasteiger partial charge in [-0.3, -0.25) is 19.2 Å². The molecule has 1 aliphatic carbocycles. The zero-order valence-electron chi connectivity index (χ0n) is 18.1. The molecule has 2 aromatic carbocycles. The number of Topliss-reactive ketones (excluding diaryl/α,β-unsaturated/α-hetero) is 1. The van der Waals surface area contributed by atoms with Crippen LogP contribution in [0.15, 0.2) is 54.6 Å². The highest BCUT2D eigenvalue weighted by molar-refractivity contribution is 6.38. The van der Waals surface area contributed by atoms with Crippen LogP contribution >= 0.6 is 0 Å². The van der Waals surface area contributed by atoms with E-state index in [2.05, 4.69) is 10.6 Å². The summed E-state index contributed by atoms with van der Waals surface area (Å²) in [6, 6.07) is 13.1. The third kappa shape index (κ3) is 5.63. The number of halogens is 1. The Kier molecular flexibility index (Phi) is 6.82. The normalized spacial score (nSPS) is 18.3. The van der Waals surface area contributed by atoms with Gasteiger partial charge in [-0.2, -0.15) is 0 Å². The van der Waals surface area contributed by atoms with Gasteiger partial charge in [0.25, 0.3) is 5.91 Å². The third-order valence-electron chi connectivity index (χ3n) is 5.96. The van der Waals surface area contributed by atoms with Crippen LogP contribution in [0.4, 0.5) is 4.39 Å². The minimum atomic E-state index is -1.14. The Labute approximate surface area is 191 Å². The number of carbonyl (C=O) groups is 4. The maximum atomic E-state index is 14.5. The second-order valence-electron chi connectivity index (χ2n) is 8.53. The first kappa shape index (κ1) is 22.6. The van der Waals surface area contributed by atoms with Gasteiger partial charge in [0.1, 0.15) is 17.9 Å². The quantitative estimate of drug-likeness (QED) is 0.569. The van der Waals surface area contributed by atoms with Crippen molar-refractivity contribution in [1.29, 1.82) is 0 Å². The zero-order valence-corrected chi connectivity index (χ0v) is 18.1. The predicted molar refractivity (Wildman–Crippen MR) is 118 cm³/mol. The number of hydrogen-bond acceptors (Lipinski definition) is 4. The van der Waals surface area contributed by atoms with E-state index in [-0.39, 0.29) is 43.3 Å². The Bertz CT molecular complexity index is 1050. The summed E-state index contributed by atoms with van der Waals surface area (Å²) in [6.45, 7) is -0.197. The van der Waals surface area contributed by atoms with Gasteiger partial charge < -0.3 is 15.5 Å². The summed E-state index contributed by atoms with van der Waals surface area (Å²) in [6.07, 6.45) is 2.21. The Morgan fingerprint density at radius 1 is 1.03 bits per heavy atom. The van der Waals surface area contributed by atoms with E-state index in [4.69, 9.17) is 0 Å². The molecule has 33 heavy (non-hydrogen) atoms. The van der Waals surface area contributed by atoms with Crippen molar-refractivity contribution in [3.8, 4) is 0 Å². The highest BCUT2D eigenvalue weighted by atomic mass is 19.1. The summed E-state index contributed by atoms with van der Waals surface area (Å²) in [4.78, 5) is 52.5. The topological polar surface area (TPSA) is 95.6 Å². The number of amides is 3. The van der Waals surface area contributed by atoms with E-state index in [1.165, 1.54) is 23.1 Å². The van der Waals surface area contributed by atoms with Crippen LogP contribution in [-0.2, 0) is 32.1 Å². The molecule has 2 N–H and O–H groups in total. The van der Waals surface area contributed by atoms with Crippen LogP contribution in [0.25, 0.3) is 0 Å². The van der Waals surface area contributed by atoms with Gasteiger partial charge in [0.2, 0.25) is 17.6 Å². The molecular formula is C25H26FN3O4. The van der Waals surface area contributed by atoms with E-state index in [9.17, 15) is 23.6 Å². The largest absolute Gasteiger partial charge is 0.347 e. The average molecular weight is 451 g/mol. The van der Waals surface area contributed by atoms with Crippen LogP contribution in [0, 0.1) is 5.82 Å². The van der Waals surface area contributed by atoms with Crippen LogP contribution in [-0.4, -0.2) is 46.5 Å². The molecular weight excluding hydrogens is 425 g/mol. The molecule has 1 saturated carbocycles. The van der Waals surface area contributed by atoms with E-state index in [1.807, 2.05) is 18.2 Å². The van der Waals surface area contributed by atoms with Crippen molar-refractivity contribution in [2.24, 2.45) is 0 Å². The first-order chi connectivity index (χ1) is 15.9. The summed E-state index contributed by atoms with van der Waals surface area (Å²) in [7, 11) is 0. The van der Waals surface area contributed by atoms with Gasteiger partial charge in [0.05, 0.1) is 0 Å². The number of ketones is 1. The van der Waals surface area contributed by atoms with Crippen LogP contribution in [0.1, 0.15) is 36.8 Å². The molecule has 3 amide bonds. The van der Waals surface area contributed by atoms with Crippen molar-refractivity contribution in [1.82, 2.24) is 15.5 Å². The van der Waals surface area contributed by atoms with Crippen LogP contribution in [0.3, 0.4) is 0 Å². The first-order valence-corrected chi connectivity index (χ1v) is 11.1. The third-order valence-corrected chi connectivity index (χ3v) is 5.96. The molecule has 2 aliphatic rings. The Balaban J connectivity index is 1.68. The van der Waals surface area contributed by atoms with Crippen LogP contribution < -0.4 is 10.6 Å². The highest BCUT2D eigenvalue weighted by Gasteiger charge is 2.40. The molecule has 2 fully saturated rings. The summed E-state index contributed by atoms with van der Waals surface area (Å²) in [5.41, 5.74) is 0.987. The number of hydrogen-bond donors (Lipinski definition) is 2. The Hall–Kier alpha value is -3.55. The molecule has 1 saturated heterocycles. The van der Waals surface area contributed by atoms with Gasteiger partial charge in [-0.15, -0.1) is 0 Å². The SMILES string of the molecule is O=C1CCC(C(=O)N(Cc2ccccc2F)C(Cc2ccccc2)C(=O)C(=O)NC2CC2)N1. The summed E-state index contributed by atoms with van der Waals surface area (Å²) < 4.78 is 14.5. The van der Waals surface area contributed by atoms with E-state index in [0.717, 1.165) is 18.4 Å². The van der Waals surface area contributed by atoms with Crippen molar-refractivity contribution in [2.75, 3.05) is 0 Å². The molecule has 0 bridgehead atoms. The van der Waals surface area contributed by atoms with Crippen molar-refractivity contribution in [2.45, 2.75) is 56.8 Å². The van der Waals surface area contributed by atoms with Crippen LogP contribution in [0.5, 0.6) is 0 Å². The standard InChI is InChI=1S/C25H26FN3O4/c26-19-9-5-4-8-17(19)15-29(25(33)20-12-13-22(30)28-20)21(14-16-6-2-1-3-7-16)23(31)24(32)27-18-10-11-18/h1-9,18,20-21H,10-15H2,(H,27,32)(H,28,30). The molecule has 7 nitrogen and oxygen atoms in total. The van der Waals surface area contributed by atoms with Crippen molar-refractivity contribution < 1.29 is 23.6 Å². The fourth-order valence-electron chi connectivity index (χ4n) is 3.97. The number of benzene rings is 2. The molecule has 2 atom stereocenters.